The van der Waals surface area contributed by atoms with Crippen molar-refractivity contribution in [2.75, 3.05) is 5.73 Å². The summed E-state index contributed by atoms with van der Waals surface area (Å²) in [6.45, 7) is 1.68. The lowest BCUT2D eigenvalue weighted by molar-refractivity contribution is 0.628. The van der Waals surface area contributed by atoms with Gasteiger partial charge in [-0.25, -0.2) is 14.4 Å². The summed E-state index contributed by atoms with van der Waals surface area (Å²) < 4.78 is 12.8. The maximum absolute atomic E-state index is 12.8. The highest BCUT2D eigenvalue weighted by Gasteiger charge is 2.09. The van der Waals surface area contributed by atoms with Crippen LogP contribution in [0.2, 0.25) is 0 Å². The van der Waals surface area contributed by atoms with Crippen LogP contribution >= 0.6 is 0 Å². The van der Waals surface area contributed by atoms with E-state index in [1.54, 1.807) is 19.1 Å². The fourth-order valence-electron chi connectivity index (χ4n) is 1.46. The van der Waals surface area contributed by atoms with Crippen molar-refractivity contribution in [3.05, 3.63) is 41.3 Å². The molecule has 0 atom stereocenters. The molecule has 2 aromatic rings. The Bertz CT molecular complexity index is 576. The van der Waals surface area contributed by atoms with Gasteiger partial charge in [0.25, 0.3) is 0 Å². The minimum absolute atomic E-state index is 0.138. The number of aromatic nitrogens is 2. The Hall–Kier alpha value is -2.48. The first kappa shape index (κ1) is 11.0. The Labute approximate surface area is 97.6 Å². The zero-order chi connectivity index (χ0) is 12.4. The number of nitrogens with zero attached hydrogens (tertiary/aromatic N) is 3. The molecular formula is C12H9FN4. The average molecular weight is 228 g/mol. The number of nitrogen functional groups attached to an aromatic ring is 1. The zero-order valence-corrected chi connectivity index (χ0v) is 9.11. The molecule has 2 N–H and O–H groups in total. The summed E-state index contributed by atoms with van der Waals surface area (Å²) in [6, 6.07) is 7.72. The monoisotopic (exact) mass is 228 g/mol. The molecular weight excluding hydrogens is 219 g/mol. The summed E-state index contributed by atoms with van der Waals surface area (Å²) >= 11 is 0. The molecule has 84 valence electrons. The second-order valence-electron chi connectivity index (χ2n) is 3.51. The predicted octanol–water partition coefficient (Wildman–Crippen LogP) is 2.04. The fraction of sp³-hybridized carbons (Fsp3) is 0.0833. The van der Waals surface area contributed by atoms with E-state index in [1.165, 1.54) is 12.1 Å². The van der Waals surface area contributed by atoms with Gasteiger partial charge in [-0.3, -0.25) is 0 Å². The van der Waals surface area contributed by atoms with E-state index in [0.29, 0.717) is 17.1 Å². The number of hydrogen-bond donors (Lipinski definition) is 1. The van der Waals surface area contributed by atoms with Crippen LogP contribution in [0.1, 0.15) is 11.3 Å². The van der Waals surface area contributed by atoms with Gasteiger partial charge in [0.05, 0.1) is 5.69 Å². The van der Waals surface area contributed by atoms with E-state index in [0.717, 1.165) is 0 Å². The Kier molecular flexibility index (Phi) is 2.71. The van der Waals surface area contributed by atoms with Crippen molar-refractivity contribution in [3.63, 3.8) is 0 Å². The van der Waals surface area contributed by atoms with E-state index in [4.69, 9.17) is 11.0 Å². The fourth-order valence-corrected chi connectivity index (χ4v) is 1.46. The number of benzene rings is 1. The van der Waals surface area contributed by atoms with Crippen molar-refractivity contribution in [1.29, 1.82) is 5.26 Å². The molecule has 0 radical (unpaired) electrons. The molecule has 1 aromatic carbocycles. The van der Waals surface area contributed by atoms with Crippen LogP contribution in [0.5, 0.6) is 0 Å². The molecule has 1 heterocycles. The van der Waals surface area contributed by atoms with Gasteiger partial charge in [0.15, 0.2) is 5.82 Å². The second kappa shape index (κ2) is 4.18. The lowest BCUT2D eigenvalue weighted by atomic mass is 10.2. The van der Waals surface area contributed by atoms with Gasteiger partial charge in [0.1, 0.15) is 23.3 Å². The summed E-state index contributed by atoms with van der Waals surface area (Å²) in [6.07, 6.45) is 0. The second-order valence-corrected chi connectivity index (χ2v) is 3.51. The van der Waals surface area contributed by atoms with Crippen molar-refractivity contribution in [1.82, 2.24) is 9.97 Å². The van der Waals surface area contributed by atoms with Crippen molar-refractivity contribution < 1.29 is 4.39 Å². The quantitative estimate of drug-likeness (QED) is 0.810. The molecule has 0 fully saturated rings. The third-order valence-electron chi connectivity index (χ3n) is 2.33. The molecule has 0 spiro atoms. The van der Waals surface area contributed by atoms with E-state index >= 15 is 0 Å². The summed E-state index contributed by atoms with van der Waals surface area (Å²) in [5.74, 6) is 0.199. The highest BCUT2D eigenvalue weighted by molar-refractivity contribution is 5.60. The standard InChI is InChI=1S/C12H9FN4/c1-7-10(6-14)11(15)17-12(16-7)8-2-4-9(13)5-3-8/h2-5H,1H3,(H2,15,16,17). The Morgan fingerprint density at radius 1 is 1.24 bits per heavy atom. The smallest absolute Gasteiger partial charge is 0.161 e. The van der Waals surface area contributed by atoms with E-state index < -0.39 is 0 Å². The van der Waals surface area contributed by atoms with Crippen LogP contribution in [0.15, 0.2) is 24.3 Å². The van der Waals surface area contributed by atoms with Crippen LogP contribution in [-0.2, 0) is 0 Å². The van der Waals surface area contributed by atoms with E-state index in [1.807, 2.05) is 6.07 Å². The first-order chi connectivity index (χ1) is 8.11. The molecule has 5 heteroatoms. The van der Waals surface area contributed by atoms with Gasteiger partial charge >= 0.3 is 0 Å². The van der Waals surface area contributed by atoms with E-state index in [-0.39, 0.29) is 17.2 Å². The maximum atomic E-state index is 12.8. The molecule has 0 saturated heterocycles. The van der Waals surface area contributed by atoms with Crippen molar-refractivity contribution >= 4 is 5.82 Å². The van der Waals surface area contributed by atoms with Crippen molar-refractivity contribution in [2.24, 2.45) is 0 Å². The molecule has 2 rings (SSSR count). The topological polar surface area (TPSA) is 75.6 Å². The lowest BCUT2D eigenvalue weighted by Crippen LogP contribution is -2.02. The molecule has 0 aliphatic rings. The molecule has 0 amide bonds. The van der Waals surface area contributed by atoms with Gasteiger partial charge in [0, 0.05) is 5.56 Å². The third-order valence-corrected chi connectivity index (χ3v) is 2.33. The summed E-state index contributed by atoms with van der Waals surface area (Å²) in [5.41, 5.74) is 7.10. The Morgan fingerprint density at radius 2 is 1.88 bits per heavy atom. The van der Waals surface area contributed by atoms with E-state index in [2.05, 4.69) is 9.97 Å². The zero-order valence-electron chi connectivity index (χ0n) is 9.11. The lowest BCUT2D eigenvalue weighted by Gasteiger charge is -2.05. The molecule has 4 nitrogen and oxygen atoms in total. The number of rotatable bonds is 1. The van der Waals surface area contributed by atoms with Crippen LogP contribution < -0.4 is 5.73 Å². The minimum atomic E-state index is -0.327. The molecule has 0 aliphatic carbocycles. The Balaban J connectivity index is 2.55. The Morgan fingerprint density at radius 3 is 2.41 bits per heavy atom. The largest absolute Gasteiger partial charge is 0.382 e. The van der Waals surface area contributed by atoms with Crippen LogP contribution in [0.25, 0.3) is 11.4 Å². The van der Waals surface area contributed by atoms with Crippen molar-refractivity contribution in [3.8, 4) is 17.5 Å². The SMILES string of the molecule is Cc1nc(-c2ccc(F)cc2)nc(N)c1C#N. The normalized spacial score (nSPS) is 9.94. The van der Waals surface area contributed by atoms with Gasteiger partial charge in [-0.05, 0) is 31.2 Å². The summed E-state index contributed by atoms with van der Waals surface area (Å²) in [7, 11) is 0. The van der Waals surface area contributed by atoms with Gasteiger partial charge in [-0.15, -0.1) is 0 Å². The predicted molar refractivity (Wildman–Crippen MR) is 61.3 cm³/mol. The van der Waals surface area contributed by atoms with Crippen LogP contribution in [0, 0.1) is 24.1 Å². The van der Waals surface area contributed by atoms with Gasteiger partial charge in [-0.1, -0.05) is 0 Å². The van der Waals surface area contributed by atoms with Gasteiger partial charge in [0.2, 0.25) is 0 Å². The highest BCUT2D eigenvalue weighted by Crippen LogP contribution is 2.19. The number of aryl methyl sites for hydroxylation is 1. The van der Waals surface area contributed by atoms with Crippen LogP contribution in [0.4, 0.5) is 10.2 Å². The number of hydrogen-bond acceptors (Lipinski definition) is 4. The minimum Gasteiger partial charge on any atom is -0.382 e. The molecule has 0 saturated carbocycles. The highest BCUT2D eigenvalue weighted by atomic mass is 19.1. The summed E-state index contributed by atoms with van der Waals surface area (Å²) in [4.78, 5) is 8.20. The molecule has 1 aromatic heterocycles. The molecule has 0 bridgehead atoms. The first-order valence-corrected chi connectivity index (χ1v) is 4.92. The molecule has 0 aliphatic heterocycles. The number of anilines is 1. The number of nitrogens with two attached hydrogens (primary N) is 1. The van der Waals surface area contributed by atoms with E-state index in [9.17, 15) is 4.39 Å². The first-order valence-electron chi connectivity index (χ1n) is 4.92. The van der Waals surface area contributed by atoms with Crippen LogP contribution in [-0.4, -0.2) is 9.97 Å². The number of nitriles is 1. The van der Waals surface area contributed by atoms with Gasteiger partial charge in [-0.2, -0.15) is 5.26 Å². The third kappa shape index (κ3) is 2.06. The molecule has 0 unspecified atom stereocenters. The van der Waals surface area contributed by atoms with Crippen LogP contribution in [0.3, 0.4) is 0 Å². The average Bonchev–Trinajstić information content (AvgIpc) is 2.29. The summed E-state index contributed by atoms with van der Waals surface area (Å²) in [5, 5.41) is 8.84. The van der Waals surface area contributed by atoms with Gasteiger partial charge < -0.3 is 5.73 Å². The van der Waals surface area contributed by atoms with Crippen molar-refractivity contribution in [2.45, 2.75) is 6.92 Å². The molecule has 17 heavy (non-hydrogen) atoms. The number of halogens is 1. The maximum Gasteiger partial charge on any atom is 0.161 e.